The molecule has 0 N–H and O–H groups in total. The Labute approximate surface area is 101 Å². The summed E-state index contributed by atoms with van der Waals surface area (Å²) < 4.78 is 5.75. The molecule has 2 aromatic carbocycles. The van der Waals surface area contributed by atoms with Crippen LogP contribution < -0.4 is 4.74 Å². The minimum Gasteiger partial charge on any atom is -0.457 e. The molecule has 0 saturated heterocycles. The first-order chi connectivity index (χ1) is 8.19. The quantitative estimate of drug-likeness (QED) is 0.742. The molecule has 0 atom stereocenters. The third-order valence-electron chi connectivity index (χ3n) is 2.57. The molecule has 0 aliphatic carbocycles. The zero-order valence-electron chi connectivity index (χ0n) is 9.94. The van der Waals surface area contributed by atoms with E-state index in [1.54, 1.807) is 24.3 Å². The Balaban J connectivity index is 2.22. The van der Waals surface area contributed by atoms with Crippen molar-refractivity contribution in [1.82, 2.24) is 0 Å². The fourth-order valence-electron chi connectivity index (χ4n) is 1.66. The maximum atomic E-state index is 10.5. The maximum Gasteiger partial charge on any atom is 0.150 e. The lowest BCUT2D eigenvalue weighted by atomic mass is 10.1. The molecular formula is C15H14O2. The predicted octanol–water partition coefficient (Wildman–Crippen LogP) is 3.91. The van der Waals surface area contributed by atoms with E-state index >= 15 is 0 Å². The Hall–Kier alpha value is -2.09. The maximum absolute atomic E-state index is 10.5. The van der Waals surface area contributed by atoms with E-state index in [9.17, 15) is 4.79 Å². The normalized spacial score (nSPS) is 10.0. The Morgan fingerprint density at radius 3 is 2.29 bits per heavy atom. The second-order valence-corrected chi connectivity index (χ2v) is 4.06. The number of aldehydes is 1. The van der Waals surface area contributed by atoms with Crippen LogP contribution in [0.25, 0.3) is 0 Å². The number of carbonyl (C=O) groups excluding carboxylic acids is 1. The first kappa shape index (κ1) is 11.4. The minimum atomic E-state index is 0.651. The van der Waals surface area contributed by atoms with E-state index in [0.717, 1.165) is 23.3 Å². The van der Waals surface area contributed by atoms with Gasteiger partial charge in [-0.25, -0.2) is 0 Å². The Bertz CT molecular complexity index is 527. The fraction of sp³-hybridized carbons (Fsp3) is 0.133. The van der Waals surface area contributed by atoms with Gasteiger partial charge >= 0.3 is 0 Å². The Morgan fingerprint density at radius 2 is 1.71 bits per heavy atom. The first-order valence-electron chi connectivity index (χ1n) is 5.49. The zero-order valence-corrected chi connectivity index (χ0v) is 9.94. The van der Waals surface area contributed by atoms with Gasteiger partial charge in [0.2, 0.25) is 0 Å². The summed E-state index contributed by atoms with van der Waals surface area (Å²) in [6, 6.07) is 13.1. The fourth-order valence-corrected chi connectivity index (χ4v) is 1.66. The van der Waals surface area contributed by atoms with Gasteiger partial charge in [0, 0.05) is 5.56 Å². The SMILES string of the molecule is Cc1ccc(Oc2ccc(C=O)cc2)c(C)c1. The topological polar surface area (TPSA) is 26.3 Å². The Kier molecular flexibility index (Phi) is 3.24. The van der Waals surface area contributed by atoms with E-state index in [-0.39, 0.29) is 0 Å². The highest BCUT2D eigenvalue weighted by molar-refractivity contribution is 5.74. The lowest BCUT2D eigenvalue weighted by molar-refractivity contribution is 0.112. The molecule has 17 heavy (non-hydrogen) atoms. The number of ether oxygens (including phenoxy) is 1. The average molecular weight is 226 g/mol. The molecule has 0 aliphatic heterocycles. The summed E-state index contributed by atoms with van der Waals surface area (Å²) in [6.45, 7) is 4.07. The van der Waals surface area contributed by atoms with Crippen molar-refractivity contribution in [2.24, 2.45) is 0 Å². The van der Waals surface area contributed by atoms with Crippen molar-refractivity contribution >= 4 is 6.29 Å². The number of benzene rings is 2. The number of hydrogen-bond acceptors (Lipinski definition) is 2. The largest absolute Gasteiger partial charge is 0.457 e. The van der Waals surface area contributed by atoms with Gasteiger partial charge in [0.05, 0.1) is 0 Å². The van der Waals surface area contributed by atoms with Crippen molar-refractivity contribution in [3.63, 3.8) is 0 Å². The molecule has 0 unspecified atom stereocenters. The second kappa shape index (κ2) is 4.83. The van der Waals surface area contributed by atoms with Crippen molar-refractivity contribution in [2.45, 2.75) is 13.8 Å². The smallest absolute Gasteiger partial charge is 0.150 e. The summed E-state index contributed by atoms with van der Waals surface area (Å²) in [7, 11) is 0. The van der Waals surface area contributed by atoms with E-state index < -0.39 is 0 Å². The van der Waals surface area contributed by atoms with Gasteiger partial charge < -0.3 is 4.74 Å². The van der Waals surface area contributed by atoms with Crippen LogP contribution in [0, 0.1) is 13.8 Å². The summed E-state index contributed by atoms with van der Waals surface area (Å²) in [4.78, 5) is 10.5. The molecule has 0 heterocycles. The molecule has 0 amide bonds. The zero-order chi connectivity index (χ0) is 12.3. The van der Waals surface area contributed by atoms with E-state index in [0.29, 0.717) is 5.56 Å². The molecule has 0 radical (unpaired) electrons. The van der Waals surface area contributed by atoms with Gasteiger partial charge in [-0.1, -0.05) is 17.7 Å². The van der Waals surface area contributed by atoms with Gasteiger partial charge in [-0.2, -0.15) is 0 Å². The average Bonchev–Trinajstić information content (AvgIpc) is 2.34. The van der Waals surface area contributed by atoms with Crippen LogP contribution in [0.1, 0.15) is 21.5 Å². The molecule has 0 fully saturated rings. The van der Waals surface area contributed by atoms with E-state index in [1.807, 2.05) is 19.1 Å². The standard InChI is InChI=1S/C15H14O2/c1-11-3-8-15(12(2)9-11)17-14-6-4-13(10-16)5-7-14/h3-10H,1-2H3. The predicted molar refractivity (Wildman–Crippen MR) is 67.8 cm³/mol. The molecule has 86 valence electrons. The molecule has 0 spiro atoms. The molecular weight excluding hydrogens is 212 g/mol. The van der Waals surface area contributed by atoms with E-state index in [1.165, 1.54) is 5.56 Å². The molecule has 2 heteroatoms. The molecule has 0 bridgehead atoms. The monoisotopic (exact) mass is 226 g/mol. The number of rotatable bonds is 3. The lowest BCUT2D eigenvalue weighted by Crippen LogP contribution is -1.88. The lowest BCUT2D eigenvalue weighted by Gasteiger charge is -2.09. The van der Waals surface area contributed by atoms with Gasteiger partial charge in [-0.05, 0) is 49.7 Å². The van der Waals surface area contributed by atoms with Crippen LogP contribution in [-0.2, 0) is 0 Å². The van der Waals surface area contributed by atoms with Crippen LogP contribution in [0.3, 0.4) is 0 Å². The first-order valence-corrected chi connectivity index (χ1v) is 5.49. The highest BCUT2D eigenvalue weighted by Crippen LogP contribution is 2.25. The minimum absolute atomic E-state index is 0.651. The van der Waals surface area contributed by atoms with Crippen molar-refractivity contribution < 1.29 is 9.53 Å². The summed E-state index contributed by atoms with van der Waals surface area (Å²) in [5.41, 5.74) is 2.97. The van der Waals surface area contributed by atoms with Crippen LogP contribution >= 0.6 is 0 Å². The van der Waals surface area contributed by atoms with Gasteiger partial charge in [-0.3, -0.25) is 4.79 Å². The van der Waals surface area contributed by atoms with Crippen LogP contribution in [0.5, 0.6) is 11.5 Å². The molecule has 2 rings (SSSR count). The second-order valence-electron chi connectivity index (χ2n) is 4.06. The van der Waals surface area contributed by atoms with Crippen LogP contribution in [0.4, 0.5) is 0 Å². The van der Waals surface area contributed by atoms with Crippen LogP contribution in [0.15, 0.2) is 42.5 Å². The molecule has 2 aromatic rings. The van der Waals surface area contributed by atoms with Crippen LogP contribution in [0.2, 0.25) is 0 Å². The van der Waals surface area contributed by atoms with Crippen molar-refractivity contribution in [3.05, 3.63) is 59.2 Å². The van der Waals surface area contributed by atoms with Gasteiger partial charge in [0.1, 0.15) is 17.8 Å². The highest BCUT2D eigenvalue weighted by atomic mass is 16.5. The number of hydrogen-bond donors (Lipinski definition) is 0. The van der Waals surface area contributed by atoms with E-state index in [2.05, 4.69) is 13.0 Å². The summed E-state index contributed by atoms with van der Waals surface area (Å²) in [5.74, 6) is 1.58. The molecule has 0 aromatic heterocycles. The van der Waals surface area contributed by atoms with Crippen molar-refractivity contribution in [3.8, 4) is 11.5 Å². The molecule has 0 saturated carbocycles. The van der Waals surface area contributed by atoms with Gasteiger partial charge in [0.25, 0.3) is 0 Å². The van der Waals surface area contributed by atoms with Gasteiger partial charge in [0.15, 0.2) is 0 Å². The number of carbonyl (C=O) groups is 1. The van der Waals surface area contributed by atoms with Gasteiger partial charge in [-0.15, -0.1) is 0 Å². The van der Waals surface area contributed by atoms with Crippen LogP contribution in [-0.4, -0.2) is 6.29 Å². The summed E-state index contributed by atoms with van der Waals surface area (Å²) >= 11 is 0. The number of aryl methyl sites for hydroxylation is 2. The van der Waals surface area contributed by atoms with E-state index in [4.69, 9.17) is 4.74 Å². The third-order valence-corrected chi connectivity index (χ3v) is 2.57. The van der Waals surface area contributed by atoms with Crippen molar-refractivity contribution in [1.29, 1.82) is 0 Å². The third kappa shape index (κ3) is 2.72. The van der Waals surface area contributed by atoms with Crippen molar-refractivity contribution in [2.75, 3.05) is 0 Å². The molecule has 0 aliphatic rings. The Morgan fingerprint density at radius 1 is 1.00 bits per heavy atom. The summed E-state index contributed by atoms with van der Waals surface area (Å²) in [6.07, 6.45) is 0.820. The summed E-state index contributed by atoms with van der Waals surface area (Å²) in [5, 5.41) is 0. The molecule has 2 nitrogen and oxygen atoms in total. The highest BCUT2D eigenvalue weighted by Gasteiger charge is 2.01.